The third-order valence-corrected chi connectivity index (χ3v) is 3.32. The minimum Gasteiger partial charge on any atom is -0.467 e. The van der Waals surface area contributed by atoms with Crippen molar-refractivity contribution in [3.63, 3.8) is 0 Å². The molecule has 0 bridgehead atoms. The molecule has 1 N–H and O–H groups in total. The Bertz CT molecular complexity index is 634. The smallest absolute Gasteiger partial charge is 0.408 e. The van der Waals surface area contributed by atoms with Gasteiger partial charge < -0.3 is 23.9 Å². The molecule has 2 rings (SSSR count). The van der Waals surface area contributed by atoms with Crippen LogP contribution in [0.1, 0.15) is 44.2 Å². The van der Waals surface area contributed by atoms with Crippen LogP contribution < -0.4 is 5.32 Å². The average molecular weight is 347 g/mol. The molecule has 2 aromatic rings. The highest BCUT2D eigenvalue weighted by Crippen LogP contribution is 2.32. The minimum atomic E-state index is -0.604. The van der Waals surface area contributed by atoms with Crippen molar-refractivity contribution in [2.75, 3.05) is 13.9 Å². The van der Waals surface area contributed by atoms with Gasteiger partial charge in [-0.25, -0.2) is 4.79 Å². The first-order valence-corrected chi connectivity index (χ1v) is 8.09. The van der Waals surface area contributed by atoms with Gasteiger partial charge in [0, 0.05) is 7.11 Å². The fourth-order valence-electron chi connectivity index (χ4n) is 2.37. The van der Waals surface area contributed by atoms with Gasteiger partial charge >= 0.3 is 6.09 Å². The monoisotopic (exact) mass is 347 g/mol. The number of carbonyl (C=O) groups is 1. The molecule has 0 unspecified atom stereocenters. The molecule has 1 aromatic carbocycles. The Hall–Kier alpha value is -2.31. The molecular formula is C19H25NO5. The van der Waals surface area contributed by atoms with Crippen LogP contribution in [0.15, 0.2) is 53.1 Å². The van der Waals surface area contributed by atoms with Gasteiger partial charge in [-0.3, -0.25) is 0 Å². The van der Waals surface area contributed by atoms with Crippen molar-refractivity contribution >= 4 is 6.09 Å². The van der Waals surface area contributed by atoms with Crippen molar-refractivity contribution in [1.29, 1.82) is 0 Å². The van der Waals surface area contributed by atoms with Gasteiger partial charge in [0.05, 0.1) is 6.26 Å². The zero-order chi connectivity index (χ0) is 18.3. The predicted octanol–water partition coefficient (Wildman–Crippen LogP) is 4.21. The second-order valence-corrected chi connectivity index (χ2v) is 6.54. The number of hydrogen-bond acceptors (Lipinski definition) is 5. The van der Waals surface area contributed by atoms with Crippen molar-refractivity contribution in [3.8, 4) is 0 Å². The fraction of sp³-hybridized carbons (Fsp3) is 0.421. The summed E-state index contributed by atoms with van der Waals surface area (Å²) in [6.45, 7) is 5.51. The highest BCUT2D eigenvalue weighted by molar-refractivity contribution is 5.68. The van der Waals surface area contributed by atoms with Crippen LogP contribution >= 0.6 is 0 Å². The van der Waals surface area contributed by atoms with Crippen molar-refractivity contribution < 1.29 is 23.4 Å². The molecule has 0 aliphatic rings. The molecule has 25 heavy (non-hydrogen) atoms. The quantitative estimate of drug-likeness (QED) is 0.760. The van der Waals surface area contributed by atoms with Crippen LogP contribution in [-0.2, 0) is 14.2 Å². The maximum Gasteiger partial charge on any atom is 0.408 e. The third-order valence-electron chi connectivity index (χ3n) is 3.32. The van der Waals surface area contributed by atoms with Crippen LogP contribution in [0.2, 0.25) is 0 Å². The van der Waals surface area contributed by atoms with Gasteiger partial charge in [0.2, 0.25) is 0 Å². The summed E-state index contributed by atoms with van der Waals surface area (Å²) >= 11 is 0. The summed E-state index contributed by atoms with van der Waals surface area (Å²) < 4.78 is 21.8. The highest BCUT2D eigenvalue weighted by Gasteiger charge is 2.31. The van der Waals surface area contributed by atoms with Crippen molar-refractivity contribution in [2.45, 2.75) is 38.5 Å². The van der Waals surface area contributed by atoms with Crippen LogP contribution in [0.3, 0.4) is 0 Å². The maximum absolute atomic E-state index is 12.3. The molecule has 2 atom stereocenters. The van der Waals surface area contributed by atoms with Crippen molar-refractivity contribution in [3.05, 3.63) is 60.1 Å². The largest absolute Gasteiger partial charge is 0.467 e. The minimum absolute atomic E-state index is 0.0762. The van der Waals surface area contributed by atoms with E-state index in [2.05, 4.69) is 5.32 Å². The number of furan rings is 1. The highest BCUT2D eigenvalue weighted by atomic mass is 16.7. The van der Waals surface area contributed by atoms with Crippen LogP contribution in [0.5, 0.6) is 0 Å². The first kappa shape index (κ1) is 19.0. The Kier molecular flexibility index (Phi) is 6.61. The van der Waals surface area contributed by atoms with E-state index in [1.165, 1.54) is 0 Å². The molecule has 1 heterocycles. The van der Waals surface area contributed by atoms with Crippen LogP contribution in [0.4, 0.5) is 4.79 Å². The molecule has 0 fully saturated rings. The number of ether oxygens (including phenoxy) is 3. The van der Waals surface area contributed by atoms with Gasteiger partial charge in [0.1, 0.15) is 30.3 Å². The topological polar surface area (TPSA) is 69.9 Å². The van der Waals surface area contributed by atoms with Gasteiger partial charge in [0.25, 0.3) is 0 Å². The van der Waals surface area contributed by atoms with Crippen molar-refractivity contribution in [2.24, 2.45) is 0 Å². The molecule has 136 valence electrons. The zero-order valence-electron chi connectivity index (χ0n) is 15.0. The summed E-state index contributed by atoms with van der Waals surface area (Å²) in [5.74, 6) is 0.566. The Labute approximate surface area is 148 Å². The van der Waals surface area contributed by atoms with E-state index in [0.29, 0.717) is 5.76 Å². The maximum atomic E-state index is 12.3. The normalized spacial score (nSPS) is 13.9. The van der Waals surface area contributed by atoms with E-state index in [1.54, 1.807) is 25.5 Å². The lowest BCUT2D eigenvalue weighted by Gasteiger charge is -2.28. The fourth-order valence-corrected chi connectivity index (χ4v) is 2.37. The number of benzene rings is 1. The molecule has 0 spiro atoms. The number of alkyl carbamates (subject to hydrolysis) is 1. The first-order chi connectivity index (χ1) is 11.9. The van der Waals surface area contributed by atoms with E-state index in [0.717, 1.165) is 5.56 Å². The predicted molar refractivity (Wildman–Crippen MR) is 93.0 cm³/mol. The van der Waals surface area contributed by atoms with Crippen molar-refractivity contribution in [1.82, 2.24) is 5.32 Å². The second-order valence-electron chi connectivity index (χ2n) is 6.54. The van der Waals surface area contributed by atoms with Gasteiger partial charge in [-0.2, -0.15) is 0 Å². The van der Waals surface area contributed by atoms with Gasteiger partial charge in [-0.05, 0) is 38.5 Å². The van der Waals surface area contributed by atoms with Gasteiger partial charge in [0.15, 0.2) is 0 Å². The molecule has 6 nitrogen and oxygen atoms in total. The molecule has 0 saturated carbocycles. The Morgan fingerprint density at radius 2 is 1.88 bits per heavy atom. The Balaban J connectivity index is 2.29. The van der Waals surface area contributed by atoms with E-state index in [9.17, 15) is 4.79 Å². The number of amides is 1. The summed E-state index contributed by atoms with van der Waals surface area (Å²) in [4.78, 5) is 12.3. The molecule has 1 aromatic heterocycles. The number of rotatable bonds is 7. The summed E-state index contributed by atoms with van der Waals surface area (Å²) in [6, 6.07) is 12.6. The molecule has 6 heteroatoms. The molecule has 1 amide bonds. The first-order valence-electron chi connectivity index (χ1n) is 8.09. The third kappa shape index (κ3) is 5.92. The van der Waals surface area contributed by atoms with Crippen LogP contribution in [-0.4, -0.2) is 25.6 Å². The standard InChI is InChI=1S/C19H25NO5/c1-19(2,3)25-18(21)20-16(15-11-8-12-23-15)17(24-13-22-4)14-9-6-5-7-10-14/h5-12,16-17H,13H2,1-4H3,(H,20,21)/t16-,17+/m0/s1. The van der Waals surface area contributed by atoms with E-state index in [1.807, 2.05) is 51.1 Å². The molecule has 0 aliphatic carbocycles. The van der Waals surface area contributed by atoms with E-state index in [-0.39, 0.29) is 6.79 Å². The molecule has 0 saturated heterocycles. The summed E-state index contributed by atoms with van der Waals surface area (Å²) in [5, 5.41) is 2.85. The molecule has 0 aliphatic heterocycles. The lowest BCUT2D eigenvalue weighted by Crippen LogP contribution is -2.38. The molecule has 0 radical (unpaired) electrons. The van der Waals surface area contributed by atoms with E-state index < -0.39 is 23.8 Å². The SMILES string of the molecule is COCO[C@H](c1ccccc1)[C@@H](NC(=O)OC(C)(C)C)c1ccco1. The van der Waals surface area contributed by atoms with Gasteiger partial charge in [-0.15, -0.1) is 0 Å². The van der Waals surface area contributed by atoms with Crippen LogP contribution in [0, 0.1) is 0 Å². The van der Waals surface area contributed by atoms with Crippen LogP contribution in [0.25, 0.3) is 0 Å². The summed E-state index contributed by atoms with van der Waals surface area (Å²) in [6.07, 6.45) is 0.507. The van der Waals surface area contributed by atoms with E-state index >= 15 is 0 Å². The number of methoxy groups -OCH3 is 1. The summed E-state index contributed by atoms with van der Waals surface area (Å²) in [7, 11) is 1.55. The lowest BCUT2D eigenvalue weighted by molar-refractivity contribution is -0.0884. The molecular weight excluding hydrogens is 322 g/mol. The number of carbonyl (C=O) groups excluding carboxylic acids is 1. The number of hydrogen-bond donors (Lipinski definition) is 1. The summed E-state index contributed by atoms with van der Waals surface area (Å²) in [5.41, 5.74) is 0.282. The van der Waals surface area contributed by atoms with Gasteiger partial charge in [-0.1, -0.05) is 30.3 Å². The second kappa shape index (κ2) is 8.69. The Morgan fingerprint density at radius 1 is 1.16 bits per heavy atom. The zero-order valence-corrected chi connectivity index (χ0v) is 15.0. The lowest BCUT2D eigenvalue weighted by atomic mass is 10.00. The average Bonchev–Trinajstić information content (AvgIpc) is 3.07. The van der Waals surface area contributed by atoms with E-state index in [4.69, 9.17) is 18.6 Å². The number of nitrogens with one attached hydrogen (secondary N) is 1. The Morgan fingerprint density at radius 3 is 2.44 bits per heavy atom.